The molecular formula is C16H19N3O4. The van der Waals surface area contributed by atoms with E-state index < -0.39 is 6.10 Å². The third-order valence-electron chi connectivity index (χ3n) is 3.10. The summed E-state index contributed by atoms with van der Waals surface area (Å²) in [6.07, 6.45) is 2.24. The molecule has 2 aromatic rings. The number of ether oxygens (including phenoxy) is 1. The summed E-state index contributed by atoms with van der Waals surface area (Å²) in [7, 11) is 0. The average Bonchev–Trinajstić information content (AvgIpc) is 2.55. The molecule has 0 bridgehead atoms. The van der Waals surface area contributed by atoms with Gasteiger partial charge in [-0.2, -0.15) is 0 Å². The van der Waals surface area contributed by atoms with Crippen LogP contribution in [0.4, 0.5) is 0 Å². The van der Waals surface area contributed by atoms with E-state index in [4.69, 9.17) is 4.74 Å². The van der Waals surface area contributed by atoms with E-state index >= 15 is 0 Å². The molecule has 122 valence electrons. The van der Waals surface area contributed by atoms with E-state index in [0.717, 1.165) is 0 Å². The van der Waals surface area contributed by atoms with Gasteiger partial charge in [-0.15, -0.1) is 0 Å². The van der Waals surface area contributed by atoms with Gasteiger partial charge in [-0.25, -0.2) is 4.98 Å². The molecule has 0 aliphatic heterocycles. The molecule has 7 heteroatoms. The molecule has 0 aliphatic carbocycles. The summed E-state index contributed by atoms with van der Waals surface area (Å²) >= 11 is 0. The lowest BCUT2D eigenvalue weighted by Gasteiger charge is -2.14. The maximum Gasteiger partial charge on any atom is 0.256 e. The van der Waals surface area contributed by atoms with Crippen molar-refractivity contribution in [1.29, 1.82) is 0 Å². The van der Waals surface area contributed by atoms with Gasteiger partial charge in [0.15, 0.2) is 0 Å². The van der Waals surface area contributed by atoms with E-state index in [-0.39, 0.29) is 30.4 Å². The fourth-order valence-electron chi connectivity index (χ4n) is 2.02. The third kappa shape index (κ3) is 4.65. The molecule has 23 heavy (non-hydrogen) atoms. The molecule has 0 saturated heterocycles. The van der Waals surface area contributed by atoms with E-state index in [1.54, 1.807) is 43.6 Å². The van der Waals surface area contributed by atoms with Crippen molar-refractivity contribution >= 4 is 5.91 Å². The van der Waals surface area contributed by atoms with Crippen molar-refractivity contribution in [3.8, 4) is 5.88 Å². The SMILES string of the molecule is CCOc1ncccc1C(=O)NCC(O)Cn1ccccc1=O. The molecule has 0 aliphatic rings. The first-order valence-corrected chi connectivity index (χ1v) is 7.31. The molecule has 0 spiro atoms. The smallest absolute Gasteiger partial charge is 0.256 e. The van der Waals surface area contributed by atoms with Crippen molar-refractivity contribution in [1.82, 2.24) is 14.9 Å². The Kier molecular flexibility index (Phi) is 5.87. The maximum absolute atomic E-state index is 12.2. The highest BCUT2D eigenvalue weighted by atomic mass is 16.5. The summed E-state index contributed by atoms with van der Waals surface area (Å²) in [6, 6.07) is 7.98. The second kappa shape index (κ2) is 8.09. The zero-order chi connectivity index (χ0) is 16.7. The quantitative estimate of drug-likeness (QED) is 0.772. The Balaban J connectivity index is 1.94. The van der Waals surface area contributed by atoms with Crippen molar-refractivity contribution in [2.45, 2.75) is 19.6 Å². The number of hydrogen-bond acceptors (Lipinski definition) is 5. The van der Waals surface area contributed by atoms with Crippen LogP contribution in [0.2, 0.25) is 0 Å². The van der Waals surface area contributed by atoms with Crippen LogP contribution in [0.25, 0.3) is 0 Å². The van der Waals surface area contributed by atoms with Crippen LogP contribution < -0.4 is 15.6 Å². The molecule has 1 unspecified atom stereocenters. The molecular weight excluding hydrogens is 298 g/mol. The Morgan fingerprint density at radius 2 is 2.22 bits per heavy atom. The molecule has 2 heterocycles. The lowest BCUT2D eigenvalue weighted by Crippen LogP contribution is -2.36. The summed E-state index contributed by atoms with van der Waals surface area (Å²) in [5.74, 6) is -0.137. The number of nitrogens with zero attached hydrogens (tertiary/aromatic N) is 2. The Labute approximate surface area is 133 Å². The van der Waals surface area contributed by atoms with Crippen molar-refractivity contribution in [3.05, 3.63) is 58.6 Å². The van der Waals surface area contributed by atoms with Crippen molar-refractivity contribution < 1.29 is 14.6 Å². The van der Waals surface area contributed by atoms with Gasteiger partial charge in [-0.1, -0.05) is 6.07 Å². The van der Waals surface area contributed by atoms with Gasteiger partial charge in [0.25, 0.3) is 11.5 Å². The van der Waals surface area contributed by atoms with Crippen molar-refractivity contribution in [2.24, 2.45) is 0 Å². The molecule has 2 N–H and O–H groups in total. The van der Waals surface area contributed by atoms with Crippen LogP contribution in [0.3, 0.4) is 0 Å². The summed E-state index contributed by atoms with van der Waals surface area (Å²) in [5, 5.41) is 12.6. The minimum atomic E-state index is -0.883. The number of carbonyl (C=O) groups excluding carboxylic acids is 1. The normalized spacial score (nSPS) is 11.7. The molecule has 7 nitrogen and oxygen atoms in total. The van der Waals surface area contributed by atoms with E-state index in [0.29, 0.717) is 12.2 Å². The lowest BCUT2D eigenvalue weighted by molar-refractivity contribution is 0.0898. The van der Waals surface area contributed by atoms with Crippen LogP contribution in [-0.2, 0) is 6.54 Å². The zero-order valence-electron chi connectivity index (χ0n) is 12.8. The molecule has 1 amide bonds. The fourth-order valence-corrected chi connectivity index (χ4v) is 2.02. The number of amides is 1. The van der Waals surface area contributed by atoms with Crippen LogP contribution in [0.15, 0.2) is 47.5 Å². The van der Waals surface area contributed by atoms with E-state index in [1.165, 1.54) is 10.6 Å². The van der Waals surface area contributed by atoms with E-state index in [9.17, 15) is 14.7 Å². The van der Waals surface area contributed by atoms with Gasteiger partial charge in [-0.05, 0) is 25.1 Å². The monoisotopic (exact) mass is 317 g/mol. The number of aliphatic hydroxyl groups is 1. The van der Waals surface area contributed by atoms with Crippen LogP contribution in [0.1, 0.15) is 17.3 Å². The lowest BCUT2D eigenvalue weighted by atomic mass is 10.2. The van der Waals surface area contributed by atoms with Gasteiger partial charge in [-0.3, -0.25) is 9.59 Å². The van der Waals surface area contributed by atoms with E-state index in [2.05, 4.69) is 10.3 Å². The minimum Gasteiger partial charge on any atom is -0.477 e. The number of aromatic nitrogens is 2. The first-order valence-electron chi connectivity index (χ1n) is 7.31. The third-order valence-corrected chi connectivity index (χ3v) is 3.10. The highest BCUT2D eigenvalue weighted by molar-refractivity contribution is 5.96. The van der Waals surface area contributed by atoms with Gasteiger partial charge in [0.05, 0.1) is 19.3 Å². The summed E-state index contributed by atoms with van der Waals surface area (Å²) in [4.78, 5) is 27.7. The zero-order valence-corrected chi connectivity index (χ0v) is 12.8. The number of aliphatic hydroxyl groups excluding tert-OH is 1. The van der Waals surface area contributed by atoms with Crippen LogP contribution >= 0.6 is 0 Å². The Hall–Kier alpha value is -2.67. The van der Waals surface area contributed by atoms with Crippen LogP contribution in [0.5, 0.6) is 5.88 Å². The number of carbonyl (C=O) groups is 1. The molecule has 0 fully saturated rings. The Bertz CT molecular complexity index is 714. The highest BCUT2D eigenvalue weighted by Gasteiger charge is 2.14. The fraction of sp³-hybridized carbons (Fsp3) is 0.312. The number of pyridine rings is 2. The molecule has 0 radical (unpaired) electrons. The summed E-state index contributed by atoms with van der Waals surface area (Å²) in [5.41, 5.74) is 0.0993. The van der Waals surface area contributed by atoms with E-state index in [1.807, 2.05) is 0 Å². The van der Waals surface area contributed by atoms with Gasteiger partial charge in [0.1, 0.15) is 5.56 Å². The first-order chi connectivity index (χ1) is 11.1. The number of hydrogen-bond donors (Lipinski definition) is 2. The highest BCUT2D eigenvalue weighted by Crippen LogP contribution is 2.13. The van der Waals surface area contributed by atoms with Crippen molar-refractivity contribution in [3.63, 3.8) is 0 Å². The molecule has 2 aromatic heterocycles. The molecule has 2 rings (SSSR count). The first kappa shape index (κ1) is 16.7. The standard InChI is InChI=1S/C16H19N3O4/c1-2-23-16-13(6-5-8-17-16)15(22)18-10-12(20)11-19-9-4-3-7-14(19)21/h3-9,12,20H,2,10-11H2,1H3,(H,18,22). The Morgan fingerprint density at radius 1 is 1.39 bits per heavy atom. The van der Waals surface area contributed by atoms with Crippen LogP contribution in [0, 0.1) is 0 Å². The van der Waals surface area contributed by atoms with Gasteiger partial charge in [0.2, 0.25) is 5.88 Å². The minimum absolute atomic E-state index is 0.0145. The largest absolute Gasteiger partial charge is 0.477 e. The molecule has 0 aromatic carbocycles. The topological polar surface area (TPSA) is 93.4 Å². The van der Waals surface area contributed by atoms with Gasteiger partial charge >= 0.3 is 0 Å². The van der Waals surface area contributed by atoms with Crippen LogP contribution in [-0.4, -0.2) is 39.8 Å². The Morgan fingerprint density at radius 3 is 2.96 bits per heavy atom. The molecule has 1 atom stereocenters. The van der Waals surface area contributed by atoms with Crippen molar-refractivity contribution in [2.75, 3.05) is 13.2 Å². The maximum atomic E-state index is 12.2. The second-order valence-corrected chi connectivity index (χ2v) is 4.84. The molecule has 0 saturated carbocycles. The number of nitrogens with one attached hydrogen (secondary N) is 1. The number of rotatable bonds is 7. The van der Waals surface area contributed by atoms with Gasteiger partial charge in [0, 0.05) is 25.0 Å². The summed E-state index contributed by atoms with van der Waals surface area (Å²) in [6.45, 7) is 2.32. The predicted molar refractivity (Wildman–Crippen MR) is 84.4 cm³/mol. The summed E-state index contributed by atoms with van der Waals surface area (Å²) < 4.78 is 6.68. The van der Waals surface area contributed by atoms with Gasteiger partial charge < -0.3 is 19.7 Å². The predicted octanol–water partition coefficient (Wildman–Crippen LogP) is 0.433. The second-order valence-electron chi connectivity index (χ2n) is 4.84. The average molecular weight is 317 g/mol.